The normalized spacial score (nSPS) is 28.7. The average Bonchev–Trinajstić information content (AvgIpc) is 2.26. The zero-order valence-electron chi connectivity index (χ0n) is 3.31. The zero-order chi connectivity index (χ0) is 3.98. The lowest BCUT2D eigenvalue weighted by atomic mass is 11.3. The fourth-order valence-electron chi connectivity index (χ4n) is 0.468. The Morgan fingerprint density at radius 3 is 1.17 bits per heavy atom. The van der Waals surface area contributed by atoms with Crippen LogP contribution in [0.3, 0.4) is 0 Å². The number of rotatable bonds is 1. The summed E-state index contributed by atoms with van der Waals surface area (Å²) in [6.45, 7) is 0. The predicted molar refractivity (Wildman–Crippen MR) is 29.8 cm³/mol. The Kier molecular flexibility index (Phi) is 0.381. The Morgan fingerprint density at radius 2 is 1.00 bits per heavy atom. The van der Waals surface area contributed by atoms with Gasteiger partial charge < -0.3 is 0 Å². The van der Waals surface area contributed by atoms with Crippen LogP contribution in [0, 0.1) is 0 Å². The summed E-state index contributed by atoms with van der Waals surface area (Å²) in [6, 6.07) is 0. The van der Waals surface area contributed by atoms with Crippen LogP contribution in [0.4, 0.5) is 0 Å². The van der Waals surface area contributed by atoms with Crippen molar-refractivity contribution in [3.8, 4) is 0 Å². The van der Waals surface area contributed by atoms with Crippen LogP contribution in [0.15, 0.2) is 22.8 Å². The summed E-state index contributed by atoms with van der Waals surface area (Å²) < 4.78 is 0. The van der Waals surface area contributed by atoms with Crippen LogP contribution < -0.4 is 0 Å². The van der Waals surface area contributed by atoms with E-state index in [4.69, 9.17) is 0 Å². The van der Waals surface area contributed by atoms with Crippen molar-refractivity contribution >= 4 is 16.6 Å². The molecule has 0 aromatic rings. The molecule has 6 heavy (non-hydrogen) atoms. The van der Waals surface area contributed by atoms with Crippen molar-refractivity contribution in [2.45, 2.75) is 0 Å². The van der Waals surface area contributed by atoms with Crippen LogP contribution in [0.5, 0.6) is 0 Å². The first kappa shape index (κ1) is 2.99. The molecule has 0 N–H and O–H groups in total. The van der Waals surface area contributed by atoms with Crippen LogP contribution in [0.1, 0.15) is 0 Å². The van der Waals surface area contributed by atoms with Crippen LogP contribution in [-0.2, 0) is 0 Å². The van der Waals surface area contributed by atoms with Gasteiger partial charge in [0.2, 0.25) is 0 Å². The van der Waals surface area contributed by atoms with Gasteiger partial charge in [0.25, 0.3) is 0 Å². The highest BCUT2D eigenvalue weighted by molar-refractivity contribution is 7.39. The average molecular weight is 108 g/mol. The maximum absolute atomic E-state index is 2.39. The lowest BCUT2D eigenvalue weighted by molar-refractivity contribution is 2.81. The van der Waals surface area contributed by atoms with Crippen molar-refractivity contribution in [3.63, 3.8) is 0 Å². The Labute approximate surface area is 40.2 Å². The molecule has 2 aliphatic heterocycles. The Bertz CT molecular complexity index is 97.5. The van der Waals surface area contributed by atoms with Gasteiger partial charge in [-0.25, -0.2) is 0 Å². The van der Waals surface area contributed by atoms with E-state index in [1.165, 1.54) is 0 Å². The molecule has 0 aromatic heterocycles. The Hall–Kier alpha value is -0.0862. The predicted octanol–water partition coefficient (Wildman–Crippen LogP) is 0.351. The molecule has 2 heterocycles. The summed E-state index contributed by atoms with van der Waals surface area (Å²) in [6.07, 6.45) is 0. The van der Waals surface area contributed by atoms with Crippen molar-refractivity contribution in [3.05, 3.63) is 22.8 Å². The van der Waals surface area contributed by atoms with Gasteiger partial charge in [0.05, 0.1) is 16.6 Å². The second-order valence-corrected chi connectivity index (χ2v) is 8.20. The molecule has 2 rings (SSSR count). The molecule has 0 unspecified atom stereocenters. The van der Waals surface area contributed by atoms with Gasteiger partial charge in [0.1, 0.15) is 0 Å². The first-order valence-electron chi connectivity index (χ1n) is 2.07. The van der Waals surface area contributed by atoms with Gasteiger partial charge in [0.15, 0.2) is 0 Å². The Balaban J connectivity index is 1.97. The lowest BCUT2D eigenvalue weighted by Crippen LogP contribution is -2.06. The van der Waals surface area contributed by atoms with Crippen LogP contribution in [0.2, 0.25) is 0 Å². The topological polar surface area (TPSA) is 0 Å². The molecule has 0 atom stereocenters. The summed E-state index contributed by atoms with van der Waals surface area (Å²) in [5.41, 5.74) is 9.55. The van der Waals surface area contributed by atoms with E-state index in [0.29, 0.717) is 0 Å². The van der Waals surface area contributed by atoms with Gasteiger partial charge >= 0.3 is 0 Å². The van der Waals surface area contributed by atoms with E-state index in [2.05, 4.69) is 22.8 Å². The quantitative estimate of drug-likeness (QED) is 0.425. The molecule has 2 aliphatic rings. The van der Waals surface area contributed by atoms with Gasteiger partial charge in [-0.2, -0.15) is 0 Å². The fourth-order valence-corrected chi connectivity index (χ4v) is 5.71. The van der Waals surface area contributed by atoms with Gasteiger partial charge in [-0.05, 0) is 0 Å². The minimum absolute atomic E-state index is 0.150. The van der Waals surface area contributed by atoms with E-state index in [1.54, 1.807) is 0 Å². The molecule has 0 saturated carbocycles. The third-order valence-corrected chi connectivity index (χ3v) is 7.00. The smallest absolute Gasteiger partial charge is 0.0994 e. The molecule has 0 bridgehead atoms. The second kappa shape index (κ2) is 0.766. The minimum atomic E-state index is 0.150. The molecule has 0 fully saturated rings. The SMILES string of the molecule is C1=C[Si]1[Si]1C=C1. The molecule has 2 heteroatoms. The van der Waals surface area contributed by atoms with Crippen molar-refractivity contribution < 1.29 is 0 Å². The highest BCUT2D eigenvalue weighted by Crippen LogP contribution is 2.16. The third kappa shape index (κ3) is 0.338. The molecule has 0 saturated heterocycles. The van der Waals surface area contributed by atoms with E-state index in [1.807, 2.05) is 0 Å². The van der Waals surface area contributed by atoms with E-state index < -0.39 is 0 Å². The summed E-state index contributed by atoms with van der Waals surface area (Å²) in [4.78, 5) is 0. The maximum Gasteiger partial charge on any atom is 0.0994 e. The molecule has 0 aromatic carbocycles. The highest BCUT2D eigenvalue weighted by Gasteiger charge is 2.29. The lowest BCUT2D eigenvalue weighted by Gasteiger charge is -1.75. The molecule has 28 valence electrons. The first-order chi connectivity index (χ1) is 2.97. The molecule has 0 nitrogen and oxygen atoms in total. The van der Waals surface area contributed by atoms with E-state index in [9.17, 15) is 0 Å². The summed E-state index contributed by atoms with van der Waals surface area (Å²) in [5, 5.41) is 0. The zero-order valence-corrected chi connectivity index (χ0v) is 5.31. The summed E-state index contributed by atoms with van der Waals surface area (Å²) in [7, 11) is 0.300. The van der Waals surface area contributed by atoms with E-state index >= 15 is 0 Å². The van der Waals surface area contributed by atoms with Crippen LogP contribution in [0.25, 0.3) is 0 Å². The molecule has 0 aliphatic carbocycles. The molecular formula is C4H4Si2. The minimum Gasteiger partial charge on any atom is -0.102 e. The highest BCUT2D eigenvalue weighted by atomic mass is 29.2. The van der Waals surface area contributed by atoms with E-state index in [-0.39, 0.29) is 16.6 Å². The van der Waals surface area contributed by atoms with Crippen molar-refractivity contribution in [2.24, 2.45) is 0 Å². The monoisotopic (exact) mass is 108 g/mol. The van der Waals surface area contributed by atoms with Gasteiger partial charge in [0, 0.05) is 0 Å². The fraction of sp³-hybridized carbons (Fsp3) is 0. The van der Waals surface area contributed by atoms with Crippen LogP contribution in [-0.4, -0.2) is 16.6 Å². The second-order valence-electron chi connectivity index (χ2n) is 1.58. The maximum atomic E-state index is 2.39. The van der Waals surface area contributed by atoms with Crippen molar-refractivity contribution in [2.75, 3.05) is 0 Å². The van der Waals surface area contributed by atoms with Gasteiger partial charge in [-0.1, -0.05) is 0 Å². The number of hydrogen-bond acceptors (Lipinski definition) is 0. The van der Waals surface area contributed by atoms with Crippen molar-refractivity contribution in [1.82, 2.24) is 0 Å². The standard InChI is InChI=1S/C4H4Si2/c1-2-5(1)6-3-4-6/h1-4H. The molecular weight excluding hydrogens is 104 g/mol. The van der Waals surface area contributed by atoms with E-state index in [0.717, 1.165) is 0 Å². The van der Waals surface area contributed by atoms with Crippen molar-refractivity contribution in [1.29, 1.82) is 0 Å². The largest absolute Gasteiger partial charge is 0.102 e. The third-order valence-electron chi connectivity index (χ3n) is 1.00. The first-order valence-corrected chi connectivity index (χ1v) is 6.38. The molecule has 0 spiro atoms. The molecule has 2 radical (unpaired) electrons. The summed E-state index contributed by atoms with van der Waals surface area (Å²) >= 11 is 0. The number of hydrogen-bond donors (Lipinski definition) is 0. The summed E-state index contributed by atoms with van der Waals surface area (Å²) in [5.74, 6) is 0. The Morgan fingerprint density at radius 1 is 0.667 bits per heavy atom. The molecule has 0 amide bonds. The van der Waals surface area contributed by atoms with Gasteiger partial charge in [-0.15, -0.1) is 22.8 Å². The van der Waals surface area contributed by atoms with Gasteiger partial charge in [-0.3, -0.25) is 0 Å². The van der Waals surface area contributed by atoms with Crippen LogP contribution >= 0.6 is 0 Å².